The van der Waals surface area contributed by atoms with Crippen molar-refractivity contribution in [2.75, 3.05) is 5.75 Å². The lowest BCUT2D eigenvalue weighted by Gasteiger charge is -1.93. The molecule has 1 heterocycles. The number of thiol groups is 1. The van der Waals surface area contributed by atoms with E-state index in [0.29, 0.717) is 0 Å². The van der Waals surface area contributed by atoms with Gasteiger partial charge in [0, 0.05) is 11.9 Å². The molecule has 0 aromatic carbocycles. The molecule has 4 heteroatoms. The van der Waals surface area contributed by atoms with E-state index in [4.69, 9.17) is 0 Å². The summed E-state index contributed by atoms with van der Waals surface area (Å²) in [7, 11) is 0. The third kappa shape index (κ3) is 1.88. The molecule has 0 aliphatic heterocycles. The quantitative estimate of drug-likeness (QED) is 0.603. The van der Waals surface area contributed by atoms with Crippen molar-refractivity contribution in [2.45, 2.75) is 6.42 Å². The van der Waals surface area contributed by atoms with Crippen molar-refractivity contribution in [3.05, 3.63) is 28.4 Å². The largest absolute Gasteiger partial charge is 0.345 e. The number of rotatable bonds is 2. The second kappa shape index (κ2) is 3.41. The van der Waals surface area contributed by atoms with Crippen LogP contribution in [0.25, 0.3) is 0 Å². The van der Waals surface area contributed by atoms with E-state index < -0.39 is 0 Å². The highest BCUT2D eigenvalue weighted by molar-refractivity contribution is 7.80. The van der Waals surface area contributed by atoms with Crippen LogP contribution in [0, 0.1) is 0 Å². The molecule has 1 aromatic rings. The number of nitrogens with one attached hydrogen (secondary N) is 1. The zero-order valence-electron chi connectivity index (χ0n) is 5.37. The average Bonchev–Trinajstić information content (AvgIpc) is 1.88. The Labute approximate surface area is 63.9 Å². The molecule has 1 aromatic heterocycles. The van der Waals surface area contributed by atoms with E-state index in [1.165, 1.54) is 6.20 Å². The molecule has 0 spiro atoms. The molecule has 0 aliphatic rings. The molecule has 0 fully saturated rings. The van der Waals surface area contributed by atoms with Gasteiger partial charge in [-0.05, 0) is 18.2 Å². The Morgan fingerprint density at radius 1 is 1.70 bits per heavy atom. The van der Waals surface area contributed by atoms with Crippen molar-refractivity contribution in [1.82, 2.24) is 9.97 Å². The fourth-order valence-electron chi connectivity index (χ4n) is 0.673. The van der Waals surface area contributed by atoms with Gasteiger partial charge < -0.3 is 4.98 Å². The fraction of sp³-hybridized carbons (Fsp3) is 0.333. The third-order valence-electron chi connectivity index (χ3n) is 1.12. The number of aromatic nitrogens is 2. The maximum absolute atomic E-state index is 10.6. The molecule has 3 nitrogen and oxygen atoms in total. The van der Waals surface area contributed by atoms with Crippen LogP contribution < -0.4 is 5.69 Å². The second-order valence-electron chi connectivity index (χ2n) is 1.87. The molecule has 0 saturated heterocycles. The van der Waals surface area contributed by atoms with Crippen LogP contribution in [0.3, 0.4) is 0 Å². The van der Waals surface area contributed by atoms with Crippen LogP contribution in [0.15, 0.2) is 17.1 Å². The normalized spacial score (nSPS) is 9.70. The van der Waals surface area contributed by atoms with Gasteiger partial charge in [0.25, 0.3) is 0 Å². The Morgan fingerprint density at radius 3 is 3.10 bits per heavy atom. The Bertz CT molecular complexity index is 258. The van der Waals surface area contributed by atoms with Gasteiger partial charge >= 0.3 is 5.69 Å². The molecule has 0 radical (unpaired) electrons. The minimum absolute atomic E-state index is 0.292. The van der Waals surface area contributed by atoms with Crippen molar-refractivity contribution in [1.29, 1.82) is 0 Å². The predicted octanol–water partition coefficient (Wildman–Crippen LogP) is 0.242. The minimum atomic E-state index is -0.292. The minimum Gasteiger partial charge on any atom is -0.310 e. The van der Waals surface area contributed by atoms with Gasteiger partial charge in [-0.15, -0.1) is 0 Å². The third-order valence-corrected chi connectivity index (χ3v) is 1.34. The summed E-state index contributed by atoms with van der Waals surface area (Å²) in [6.07, 6.45) is 2.28. The van der Waals surface area contributed by atoms with Crippen molar-refractivity contribution in [3.63, 3.8) is 0 Å². The molecule has 0 amide bonds. The molecule has 0 atom stereocenters. The van der Waals surface area contributed by atoms with Gasteiger partial charge in [0.15, 0.2) is 0 Å². The number of hydrogen-bond acceptors (Lipinski definition) is 3. The molecular weight excluding hydrogens is 148 g/mol. The summed E-state index contributed by atoms with van der Waals surface area (Å²) in [5.41, 5.74) is 0.592. The molecule has 0 unspecified atom stereocenters. The van der Waals surface area contributed by atoms with E-state index in [1.54, 1.807) is 6.07 Å². The molecule has 0 bridgehead atoms. The van der Waals surface area contributed by atoms with Gasteiger partial charge in [0.05, 0.1) is 0 Å². The van der Waals surface area contributed by atoms with Gasteiger partial charge in [-0.3, -0.25) is 0 Å². The van der Waals surface area contributed by atoms with E-state index >= 15 is 0 Å². The zero-order chi connectivity index (χ0) is 7.40. The van der Waals surface area contributed by atoms with Crippen molar-refractivity contribution < 1.29 is 0 Å². The maximum Gasteiger partial charge on any atom is 0.345 e. The van der Waals surface area contributed by atoms with Crippen molar-refractivity contribution in [3.8, 4) is 0 Å². The van der Waals surface area contributed by atoms with Crippen molar-refractivity contribution >= 4 is 12.6 Å². The van der Waals surface area contributed by atoms with Crippen LogP contribution in [-0.2, 0) is 6.42 Å². The first-order valence-corrected chi connectivity index (χ1v) is 3.61. The highest BCUT2D eigenvalue weighted by Gasteiger charge is 1.89. The smallest absolute Gasteiger partial charge is 0.310 e. The number of hydrogen-bond donors (Lipinski definition) is 2. The Morgan fingerprint density at radius 2 is 2.50 bits per heavy atom. The topological polar surface area (TPSA) is 45.8 Å². The van der Waals surface area contributed by atoms with Gasteiger partial charge in [-0.2, -0.15) is 12.6 Å². The Hall–Kier alpha value is -0.770. The lowest BCUT2D eigenvalue weighted by atomic mass is 10.3. The molecular formula is C6H8N2OS. The first kappa shape index (κ1) is 7.34. The predicted molar refractivity (Wildman–Crippen MR) is 42.4 cm³/mol. The molecule has 0 saturated carbocycles. The van der Waals surface area contributed by atoms with E-state index in [9.17, 15) is 4.79 Å². The van der Waals surface area contributed by atoms with E-state index in [1.807, 2.05) is 0 Å². The summed E-state index contributed by atoms with van der Waals surface area (Å²) in [6, 6.07) is 1.78. The number of aromatic amines is 1. The molecule has 10 heavy (non-hydrogen) atoms. The van der Waals surface area contributed by atoms with Crippen LogP contribution in [0.5, 0.6) is 0 Å². The van der Waals surface area contributed by atoms with Gasteiger partial charge in [0.1, 0.15) is 0 Å². The van der Waals surface area contributed by atoms with Crippen LogP contribution in [-0.4, -0.2) is 15.7 Å². The lowest BCUT2D eigenvalue weighted by molar-refractivity contribution is 0.964. The highest BCUT2D eigenvalue weighted by Crippen LogP contribution is 1.90. The summed E-state index contributed by atoms with van der Waals surface area (Å²) < 4.78 is 0. The fourth-order valence-corrected chi connectivity index (χ4v) is 0.913. The molecule has 1 rings (SSSR count). The Balaban J connectivity index is 2.85. The standard InChI is InChI=1S/C6H8N2OS/c9-6-7-3-1-5(8-6)2-4-10/h1,3,10H,2,4H2,(H,7,8,9). The number of nitrogens with zero attached hydrogens (tertiary/aromatic N) is 1. The SMILES string of the molecule is O=c1nccc(CCS)[nH]1. The summed E-state index contributed by atoms with van der Waals surface area (Å²) in [5.74, 6) is 0.736. The van der Waals surface area contributed by atoms with Crippen LogP contribution in [0.1, 0.15) is 5.69 Å². The van der Waals surface area contributed by atoms with Gasteiger partial charge in [-0.25, -0.2) is 9.78 Å². The van der Waals surface area contributed by atoms with E-state index in [2.05, 4.69) is 22.6 Å². The lowest BCUT2D eigenvalue weighted by Crippen LogP contribution is -2.11. The summed E-state index contributed by atoms with van der Waals surface area (Å²) >= 11 is 4.02. The average molecular weight is 156 g/mol. The summed E-state index contributed by atoms with van der Waals surface area (Å²) in [6.45, 7) is 0. The van der Waals surface area contributed by atoms with Crippen LogP contribution in [0.4, 0.5) is 0 Å². The summed E-state index contributed by atoms with van der Waals surface area (Å²) in [4.78, 5) is 16.7. The maximum atomic E-state index is 10.6. The first-order chi connectivity index (χ1) is 4.83. The van der Waals surface area contributed by atoms with Crippen LogP contribution in [0.2, 0.25) is 0 Å². The molecule has 0 aliphatic carbocycles. The van der Waals surface area contributed by atoms with E-state index in [-0.39, 0.29) is 5.69 Å². The zero-order valence-corrected chi connectivity index (χ0v) is 6.27. The first-order valence-electron chi connectivity index (χ1n) is 2.98. The van der Waals surface area contributed by atoms with Gasteiger partial charge in [-0.1, -0.05) is 0 Å². The Kier molecular flexibility index (Phi) is 2.50. The van der Waals surface area contributed by atoms with Gasteiger partial charge in [0.2, 0.25) is 0 Å². The van der Waals surface area contributed by atoms with Crippen LogP contribution >= 0.6 is 12.6 Å². The molecule has 1 N–H and O–H groups in total. The second-order valence-corrected chi connectivity index (χ2v) is 2.32. The number of aryl methyl sites for hydroxylation is 1. The summed E-state index contributed by atoms with van der Waals surface area (Å²) in [5, 5.41) is 0. The van der Waals surface area contributed by atoms with Crippen molar-refractivity contribution in [2.24, 2.45) is 0 Å². The van der Waals surface area contributed by atoms with E-state index in [0.717, 1.165) is 17.9 Å². The number of H-pyrrole nitrogens is 1. The molecule has 54 valence electrons. The monoisotopic (exact) mass is 156 g/mol. The highest BCUT2D eigenvalue weighted by atomic mass is 32.1.